The van der Waals surface area contributed by atoms with Gasteiger partial charge in [-0.2, -0.15) is 0 Å². The maximum Gasteiger partial charge on any atom is 0.266 e. The molecule has 1 aromatic heterocycles. The zero-order chi connectivity index (χ0) is 17.6. The van der Waals surface area contributed by atoms with E-state index in [1.165, 1.54) is 16.9 Å². The monoisotopic (exact) mass is 352 g/mol. The van der Waals surface area contributed by atoms with Crippen molar-refractivity contribution < 1.29 is 9.53 Å². The van der Waals surface area contributed by atoms with Gasteiger partial charge in [0.15, 0.2) is 11.2 Å². The van der Waals surface area contributed by atoms with Crippen LogP contribution < -0.4 is 10.1 Å². The number of thiazole rings is 1. The average molecular weight is 352 g/mol. The molecule has 1 atom stereocenters. The van der Waals surface area contributed by atoms with Crippen LogP contribution in [0.15, 0.2) is 60.0 Å². The van der Waals surface area contributed by atoms with Gasteiger partial charge in [-0.25, -0.2) is 4.98 Å². The first-order valence-electron chi connectivity index (χ1n) is 8.23. The minimum Gasteiger partial charge on any atom is -0.481 e. The van der Waals surface area contributed by atoms with E-state index < -0.39 is 6.10 Å². The van der Waals surface area contributed by atoms with E-state index >= 15 is 0 Å². The Morgan fingerprint density at radius 1 is 1.16 bits per heavy atom. The molecule has 0 aliphatic carbocycles. The molecule has 0 saturated carbocycles. The molecule has 128 valence electrons. The van der Waals surface area contributed by atoms with E-state index in [9.17, 15) is 4.79 Å². The lowest BCUT2D eigenvalue weighted by Crippen LogP contribution is -2.30. The maximum atomic E-state index is 12.3. The highest BCUT2D eigenvalue weighted by Gasteiger charge is 2.16. The molecule has 0 radical (unpaired) electrons. The third-order valence-corrected chi connectivity index (χ3v) is 4.58. The van der Waals surface area contributed by atoms with Gasteiger partial charge in [0, 0.05) is 10.9 Å². The summed E-state index contributed by atoms with van der Waals surface area (Å²) in [6.07, 6.45) is 0.413. The number of carbonyl (C=O) groups excluding carboxylic acids is 1. The molecular formula is C20H20N2O2S. The van der Waals surface area contributed by atoms with Crippen molar-refractivity contribution in [3.8, 4) is 17.0 Å². The predicted octanol–water partition coefficient (Wildman–Crippen LogP) is 4.78. The third-order valence-electron chi connectivity index (χ3n) is 3.82. The van der Waals surface area contributed by atoms with Gasteiger partial charge in [0.1, 0.15) is 5.75 Å². The number of hydrogen-bond acceptors (Lipinski definition) is 4. The fourth-order valence-electron chi connectivity index (χ4n) is 2.34. The van der Waals surface area contributed by atoms with Crippen LogP contribution >= 0.6 is 11.3 Å². The molecule has 1 heterocycles. The fourth-order valence-corrected chi connectivity index (χ4v) is 3.06. The minimum atomic E-state index is -0.599. The molecule has 0 fully saturated rings. The van der Waals surface area contributed by atoms with Gasteiger partial charge < -0.3 is 4.74 Å². The van der Waals surface area contributed by atoms with E-state index in [1.54, 1.807) is 6.92 Å². The molecule has 3 aromatic rings. The molecule has 4 nitrogen and oxygen atoms in total. The SMILES string of the molecule is CCc1ccc(-c2csc(NC(=O)[C@H](C)Oc3ccccc3)n2)cc1. The molecule has 0 unspecified atom stereocenters. The number of para-hydroxylation sites is 1. The molecular weight excluding hydrogens is 332 g/mol. The molecule has 0 bridgehead atoms. The van der Waals surface area contributed by atoms with Crippen molar-refractivity contribution in [2.45, 2.75) is 26.4 Å². The van der Waals surface area contributed by atoms with Gasteiger partial charge in [-0.1, -0.05) is 49.4 Å². The number of ether oxygens (including phenoxy) is 1. The lowest BCUT2D eigenvalue weighted by Gasteiger charge is -2.13. The van der Waals surface area contributed by atoms with Crippen molar-refractivity contribution in [2.24, 2.45) is 0 Å². The zero-order valence-corrected chi connectivity index (χ0v) is 15.0. The number of anilines is 1. The number of nitrogens with one attached hydrogen (secondary N) is 1. The second-order valence-electron chi connectivity index (χ2n) is 5.65. The summed E-state index contributed by atoms with van der Waals surface area (Å²) in [4.78, 5) is 16.8. The fraction of sp³-hybridized carbons (Fsp3) is 0.200. The molecule has 3 rings (SSSR count). The summed E-state index contributed by atoms with van der Waals surface area (Å²) in [5.41, 5.74) is 3.20. The second kappa shape index (κ2) is 7.94. The Balaban J connectivity index is 1.63. The smallest absolute Gasteiger partial charge is 0.266 e. The summed E-state index contributed by atoms with van der Waals surface area (Å²) in [5, 5.41) is 5.33. The topological polar surface area (TPSA) is 51.2 Å². The van der Waals surface area contributed by atoms with E-state index in [4.69, 9.17) is 4.74 Å². The predicted molar refractivity (Wildman–Crippen MR) is 102 cm³/mol. The third kappa shape index (κ3) is 4.45. The zero-order valence-electron chi connectivity index (χ0n) is 14.2. The Labute approximate surface area is 151 Å². The van der Waals surface area contributed by atoms with Crippen LogP contribution in [0.25, 0.3) is 11.3 Å². The van der Waals surface area contributed by atoms with Gasteiger partial charge >= 0.3 is 0 Å². The highest BCUT2D eigenvalue weighted by atomic mass is 32.1. The molecule has 0 spiro atoms. The molecule has 0 aliphatic rings. The van der Waals surface area contributed by atoms with Gasteiger partial charge in [-0.15, -0.1) is 11.3 Å². The van der Waals surface area contributed by atoms with E-state index in [2.05, 4.69) is 41.5 Å². The molecule has 0 saturated heterocycles. The number of rotatable bonds is 6. The van der Waals surface area contributed by atoms with Gasteiger partial charge in [0.05, 0.1) is 5.69 Å². The van der Waals surface area contributed by atoms with Crippen LogP contribution in [-0.4, -0.2) is 17.0 Å². The van der Waals surface area contributed by atoms with Crippen LogP contribution in [0.4, 0.5) is 5.13 Å². The number of carbonyl (C=O) groups is 1. The van der Waals surface area contributed by atoms with Crippen LogP contribution in [0.5, 0.6) is 5.75 Å². The molecule has 1 N–H and O–H groups in total. The lowest BCUT2D eigenvalue weighted by atomic mass is 10.1. The summed E-state index contributed by atoms with van der Waals surface area (Å²) in [5.74, 6) is 0.451. The van der Waals surface area contributed by atoms with Crippen molar-refractivity contribution >= 4 is 22.4 Å². The first-order chi connectivity index (χ1) is 12.2. The van der Waals surface area contributed by atoms with Crippen LogP contribution in [0.3, 0.4) is 0 Å². The highest BCUT2D eigenvalue weighted by molar-refractivity contribution is 7.14. The Bertz CT molecular complexity index is 828. The Morgan fingerprint density at radius 2 is 1.88 bits per heavy atom. The maximum absolute atomic E-state index is 12.3. The molecule has 2 aromatic carbocycles. The number of hydrogen-bond donors (Lipinski definition) is 1. The highest BCUT2D eigenvalue weighted by Crippen LogP contribution is 2.25. The average Bonchev–Trinajstić information content (AvgIpc) is 3.11. The first kappa shape index (κ1) is 17.2. The van der Waals surface area contributed by atoms with Gasteiger partial charge in [-0.05, 0) is 31.0 Å². The van der Waals surface area contributed by atoms with Crippen molar-refractivity contribution in [2.75, 3.05) is 5.32 Å². The van der Waals surface area contributed by atoms with Crippen LogP contribution in [0, 0.1) is 0 Å². The quantitative estimate of drug-likeness (QED) is 0.695. The molecule has 1 amide bonds. The van der Waals surface area contributed by atoms with E-state index in [1.807, 2.05) is 35.7 Å². The van der Waals surface area contributed by atoms with Crippen LogP contribution in [-0.2, 0) is 11.2 Å². The number of nitrogens with zero attached hydrogens (tertiary/aromatic N) is 1. The molecule has 25 heavy (non-hydrogen) atoms. The van der Waals surface area contributed by atoms with Crippen molar-refractivity contribution in [3.63, 3.8) is 0 Å². The van der Waals surface area contributed by atoms with Crippen molar-refractivity contribution in [3.05, 3.63) is 65.5 Å². The van der Waals surface area contributed by atoms with E-state index in [-0.39, 0.29) is 5.91 Å². The summed E-state index contributed by atoms with van der Waals surface area (Å²) < 4.78 is 5.63. The van der Waals surface area contributed by atoms with E-state index in [0.717, 1.165) is 17.7 Å². The number of aromatic nitrogens is 1. The summed E-state index contributed by atoms with van der Waals surface area (Å²) >= 11 is 1.41. The Hall–Kier alpha value is -2.66. The molecule has 0 aliphatic heterocycles. The standard InChI is InChI=1S/C20H20N2O2S/c1-3-15-9-11-16(12-10-15)18-13-25-20(21-18)22-19(23)14(2)24-17-7-5-4-6-8-17/h4-14H,3H2,1-2H3,(H,21,22,23)/t14-/m0/s1. The normalized spacial score (nSPS) is 11.8. The van der Waals surface area contributed by atoms with Crippen LogP contribution in [0.1, 0.15) is 19.4 Å². The van der Waals surface area contributed by atoms with Crippen molar-refractivity contribution in [1.82, 2.24) is 4.98 Å². The lowest BCUT2D eigenvalue weighted by molar-refractivity contribution is -0.122. The van der Waals surface area contributed by atoms with Gasteiger partial charge in [-0.3, -0.25) is 10.1 Å². The number of aryl methyl sites for hydroxylation is 1. The first-order valence-corrected chi connectivity index (χ1v) is 9.11. The second-order valence-corrected chi connectivity index (χ2v) is 6.51. The molecule has 5 heteroatoms. The Morgan fingerprint density at radius 3 is 2.56 bits per heavy atom. The summed E-state index contributed by atoms with van der Waals surface area (Å²) in [6, 6.07) is 17.6. The van der Waals surface area contributed by atoms with Gasteiger partial charge in [0.25, 0.3) is 5.91 Å². The largest absolute Gasteiger partial charge is 0.481 e. The summed E-state index contributed by atoms with van der Waals surface area (Å²) in [6.45, 7) is 3.85. The van der Waals surface area contributed by atoms with E-state index in [0.29, 0.717) is 10.9 Å². The number of benzene rings is 2. The van der Waals surface area contributed by atoms with Gasteiger partial charge in [0.2, 0.25) is 0 Å². The summed E-state index contributed by atoms with van der Waals surface area (Å²) in [7, 11) is 0. The van der Waals surface area contributed by atoms with Crippen LogP contribution in [0.2, 0.25) is 0 Å². The van der Waals surface area contributed by atoms with Crippen molar-refractivity contribution in [1.29, 1.82) is 0 Å². The minimum absolute atomic E-state index is 0.217. The Kier molecular flexibility index (Phi) is 5.46. The number of amides is 1.